The van der Waals surface area contributed by atoms with Gasteiger partial charge in [0.1, 0.15) is 4.83 Å². The molecule has 0 fully saturated rings. The van der Waals surface area contributed by atoms with E-state index in [2.05, 4.69) is 58.9 Å². The number of nitrogens with zero attached hydrogens (tertiary/aromatic N) is 1. The quantitative estimate of drug-likeness (QED) is 0.456. The highest BCUT2D eigenvalue weighted by atomic mass is 32.1. The van der Waals surface area contributed by atoms with Crippen LogP contribution in [0.15, 0.2) is 24.3 Å². The van der Waals surface area contributed by atoms with Crippen molar-refractivity contribution in [3.63, 3.8) is 0 Å². The standard InChI is InChI=1S/C25H31NS/c1-6-16(3)17(4)22-18(5)26-25-24(20-9-7-8-10-21(20)27-25)23(22)19-13-11-15(2)12-14-19/h11-14,16-17H,6-10H2,1-5H3. The predicted molar refractivity (Wildman–Crippen MR) is 119 cm³/mol. The summed E-state index contributed by atoms with van der Waals surface area (Å²) >= 11 is 1.95. The number of rotatable bonds is 4. The fourth-order valence-corrected chi connectivity index (χ4v) is 5.95. The molecule has 1 aliphatic rings. The van der Waals surface area contributed by atoms with E-state index in [-0.39, 0.29) is 0 Å². The molecule has 4 rings (SSSR count). The van der Waals surface area contributed by atoms with Gasteiger partial charge in [0.2, 0.25) is 0 Å². The fraction of sp³-hybridized carbons (Fsp3) is 0.480. The van der Waals surface area contributed by atoms with E-state index in [0.717, 1.165) is 0 Å². The number of thiophene rings is 1. The smallest absolute Gasteiger partial charge is 0.124 e. The number of hydrogen-bond acceptors (Lipinski definition) is 2. The average Bonchev–Trinajstić information content (AvgIpc) is 3.04. The first-order valence-corrected chi connectivity index (χ1v) is 11.3. The van der Waals surface area contributed by atoms with Crippen LogP contribution in [0, 0.1) is 19.8 Å². The van der Waals surface area contributed by atoms with E-state index < -0.39 is 0 Å². The number of pyridine rings is 1. The number of aryl methyl sites for hydroxylation is 4. The van der Waals surface area contributed by atoms with E-state index >= 15 is 0 Å². The number of aromatic nitrogens is 1. The Morgan fingerprint density at radius 2 is 1.74 bits per heavy atom. The fourth-order valence-electron chi connectivity index (χ4n) is 4.63. The van der Waals surface area contributed by atoms with Crippen molar-refractivity contribution in [1.82, 2.24) is 4.98 Å². The first kappa shape index (κ1) is 18.7. The third kappa shape index (κ3) is 3.23. The van der Waals surface area contributed by atoms with E-state index in [1.165, 1.54) is 70.3 Å². The molecule has 0 amide bonds. The van der Waals surface area contributed by atoms with Gasteiger partial charge in [-0.25, -0.2) is 4.98 Å². The van der Waals surface area contributed by atoms with Crippen molar-refractivity contribution in [1.29, 1.82) is 0 Å². The van der Waals surface area contributed by atoms with Gasteiger partial charge in [0.25, 0.3) is 0 Å². The number of benzene rings is 1. The highest BCUT2D eigenvalue weighted by Gasteiger charge is 2.27. The van der Waals surface area contributed by atoms with E-state index in [4.69, 9.17) is 4.98 Å². The van der Waals surface area contributed by atoms with Crippen molar-refractivity contribution in [2.75, 3.05) is 0 Å². The second kappa shape index (κ2) is 7.39. The van der Waals surface area contributed by atoms with Gasteiger partial charge in [-0.3, -0.25) is 0 Å². The molecule has 0 aliphatic heterocycles. The molecule has 0 saturated carbocycles. The molecular formula is C25H31NS. The first-order valence-electron chi connectivity index (χ1n) is 10.5. The maximum Gasteiger partial charge on any atom is 0.124 e. The SMILES string of the molecule is CCC(C)C(C)c1c(C)nc2sc3c(c2c1-c1ccc(C)cc1)CCCC3. The third-order valence-corrected chi connectivity index (χ3v) is 7.81. The normalized spacial score (nSPS) is 16.3. The van der Waals surface area contributed by atoms with Crippen molar-refractivity contribution in [3.8, 4) is 11.1 Å². The average molecular weight is 378 g/mol. The Labute approximate surface area is 167 Å². The summed E-state index contributed by atoms with van der Waals surface area (Å²) in [5, 5.41) is 1.47. The van der Waals surface area contributed by atoms with Crippen LogP contribution in [0.25, 0.3) is 21.3 Å². The molecule has 0 N–H and O–H groups in total. The summed E-state index contributed by atoms with van der Waals surface area (Å²) in [6, 6.07) is 9.16. The van der Waals surface area contributed by atoms with Crippen LogP contribution in [0.2, 0.25) is 0 Å². The maximum absolute atomic E-state index is 5.14. The Balaban J connectivity index is 2.07. The maximum atomic E-state index is 5.14. The van der Waals surface area contributed by atoms with Gasteiger partial charge in [0, 0.05) is 16.0 Å². The Morgan fingerprint density at radius 1 is 1.04 bits per heavy atom. The molecule has 0 bridgehead atoms. The van der Waals surface area contributed by atoms with Gasteiger partial charge >= 0.3 is 0 Å². The van der Waals surface area contributed by atoms with Gasteiger partial charge in [-0.05, 0) is 73.6 Å². The molecule has 2 heteroatoms. The molecule has 1 aliphatic carbocycles. The number of hydrogen-bond donors (Lipinski definition) is 0. The van der Waals surface area contributed by atoms with Gasteiger partial charge < -0.3 is 0 Å². The number of fused-ring (bicyclic) bond motifs is 3. The van der Waals surface area contributed by atoms with E-state index in [0.29, 0.717) is 11.8 Å². The second-order valence-corrected chi connectivity index (χ2v) is 9.50. The Hall–Kier alpha value is -1.67. The molecule has 2 atom stereocenters. The molecule has 2 unspecified atom stereocenters. The Morgan fingerprint density at radius 3 is 2.44 bits per heavy atom. The van der Waals surface area contributed by atoms with Crippen LogP contribution in [-0.2, 0) is 12.8 Å². The van der Waals surface area contributed by atoms with Gasteiger partial charge in [0.05, 0.1) is 0 Å². The Bertz CT molecular complexity index is 964. The van der Waals surface area contributed by atoms with Gasteiger partial charge in [-0.1, -0.05) is 57.0 Å². The van der Waals surface area contributed by atoms with Crippen LogP contribution in [0.3, 0.4) is 0 Å². The van der Waals surface area contributed by atoms with E-state index in [9.17, 15) is 0 Å². The second-order valence-electron chi connectivity index (χ2n) is 8.42. The summed E-state index contributed by atoms with van der Waals surface area (Å²) < 4.78 is 0. The lowest BCUT2D eigenvalue weighted by molar-refractivity contribution is 0.472. The van der Waals surface area contributed by atoms with Crippen molar-refractivity contribution < 1.29 is 0 Å². The molecular weight excluding hydrogens is 346 g/mol. The molecule has 0 saturated heterocycles. The zero-order valence-electron chi connectivity index (χ0n) is 17.4. The van der Waals surface area contributed by atoms with E-state index in [1.54, 1.807) is 10.4 Å². The van der Waals surface area contributed by atoms with Crippen LogP contribution in [0.4, 0.5) is 0 Å². The van der Waals surface area contributed by atoms with Crippen molar-refractivity contribution in [3.05, 3.63) is 51.5 Å². The topological polar surface area (TPSA) is 12.9 Å². The minimum atomic E-state index is 0.516. The van der Waals surface area contributed by atoms with Crippen LogP contribution in [0.5, 0.6) is 0 Å². The zero-order chi connectivity index (χ0) is 19.1. The molecule has 1 aromatic carbocycles. The zero-order valence-corrected chi connectivity index (χ0v) is 18.2. The summed E-state index contributed by atoms with van der Waals surface area (Å²) in [7, 11) is 0. The molecule has 2 heterocycles. The van der Waals surface area contributed by atoms with Gasteiger partial charge in [-0.2, -0.15) is 0 Å². The summed E-state index contributed by atoms with van der Waals surface area (Å²) in [4.78, 5) is 7.99. The van der Waals surface area contributed by atoms with Crippen molar-refractivity contribution in [2.24, 2.45) is 5.92 Å². The largest absolute Gasteiger partial charge is 0.242 e. The highest BCUT2D eigenvalue weighted by molar-refractivity contribution is 7.19. The minimum absolute atomic E-state index is 0.516. The predicted octanol–water partition coefficient (Wildman–Crippen LogP) is 7.61. The molecule has 0 spiro atoms. The van der Waals surface area contributed by atoms with Crippen LogP contribution >= 0.6 is 11.3 Å². The minimum Gasteiger partial charge on any atom is -0.242 e. The molecule has 3 aromatic rings. The molecule has 1 nitrogen and oxygen atoms in total. The van der Waals surface area contributed by atoms with Crippen LogP contribution in [0.1, 0.15) is 73.2 Å². The molecule has 27 heavy (non-hydrogen) atoms. The third-order valence-electron chi connectivity index (χ3n) is 6.62. The lowest BCUT2D eigenvalue weighted by Gasteiger charge is -2.25. The van der Waals surface area contributed by atoms with Gasteiger partial charge in [-0.15, -0.1) is 11.3 Å². The first-order chi connectivity index (χ1) is 13.0. The van der Waals surface area contributed by atoms with Crippen molar-refractivity contribution in [2.45, 2.75) is 72.6 Å². The van der Waals surface area contributed by atoms with Crippen LogP contribution in [-0.4, -0.2) is 4.98 Å². The summed E-state index contributed by atoms with van der Waals surface area (Å²) in [6.45, 7) is 11.5. The molecule has 2 aromatic heterocycles. The summed E-state index contributed by atoms with van der Waals surface area (Å²) in [5.41, 5.74) is 8.47. The van der Waals surface area contributed by atoms with E-state index in [1.807, 2.05) is 11.3 Å². The molecule has 142 valence electrons. The molecule has 0 radical (unpaired) electrons. The highest BCUT2D eigenvalue weighted by Crippen LogP contribution is 2.46. The van der Waals surface area contributed by atoms with Gasteiger partial charge in [0.15, 0.2) is 0 Å². The summed E-state index contributed by atoms with van der Waals surface area (Å²) in [5.74, 6) is 1.17. The lowest BCUT2D eigenvalue weighted by atomic mass is 9.80. The van der Waals surface area contributed by atoms with Crippen LogP contribution < -0.4 is 0 Å². The monoisotopic (exact) mass is 377 g/mol. The van der Waals surface area contributed by atoms with Crippen molar-refractivity contribution >= 4 is 21.6 Å². The Kier molecular flexibility index (Phi) is 5.11. The lowest BCUT2D eigenvalue weighted by Crippen LogP contribution is -2.10. The summed E-state index contributed by atoms with van der Waals surface area (Å²) in [6.07, 6.45) is 6.30.